The van der Waals surface area contributed by atoms with Crippen molar-refractivity contribution in [3.05, 3.63) is 40.1 Å². The first kappa shape index (κ1) is 12.1. The molecule has 0 radical (unpaired) electrons. The molecule has 0 aliphatic carbocycles. The van der Waals surface area contributed by atoms with Crippen LogP contribution in [0.3, 0.4) is 0 Å². The Morgan fingerprint density at radius 1 is 1.11 bits per heavy atom. The summed E-state index contributed by atoms with van der Waals surface area (Å²) >= 11 is 11.9. The molecule has 1 aromatic carbocycles. The SMILES string of the molecule is Cc1cc(-c2nnnn2-c2cc(Cl)cc(Cl)c2)no1. The van der Waals surface area contributed by atoms with E-state index in [1.165, 1.54) is 4.68 Å². The molecule has 2 heterocycles. The minimum atomic E-state index is 0.454. The fourth-order valence-electron chi connectivity index (χ4n) is 1.65. The molecule has 0 aliphatic rings. The summed E-state index contributed by atoms with van der Waals surface area (Å²) in [4.78, 5) is 0. The fourth-order valence-corrected chi connectivity index (χ4v) is 2.17. The molecule has 0 amide bonds. The number of tetrazole rings is 1. The smallest absolute Gasteiger partial charge is 0.209 e. The third kappa shape index (κ3) is 2.32. The molecule has 0 saturated heterocycles. The van der Waals surface area contributed by atoms with Crippen LogP contribution in [-0.4, -0.2) is 25.4 Å². The highest BCUT2D eigenvalue weighted by Crippen LogP contribution is 2.24. The molecule has 0 bridgehead atoms. The monoisotopic (exact) mass is 295 g/mol. The topological polar surface area (TPSA) is 69.6 Å². The molecule has 19 heavy (non-hydrogen) atoms. The summed E-state index contributed by atoms with van der Waals surface area (Å²) in [7, 11) is 0. The summed E-state index contributed by atoms with van der Waals surface area (Å²) < 4.78 is 6.51. The van der Waals surface area contributed by atoms with Crippen molar-refractivity contribution in [2.24, 2.45) is 0 Å². The van der Waals surface area contributed by atoms with E-state index in [1.807, 2.05) is 0 Å². The molecule has 3 aromatic rings. The van der Waals surface area contributed by atoms with Gasteiger partial charge in [-0.3, -0.25) is 0 Å². The predicted octanol–water partition coefficient (Wildman–Crippen LogP) is 2.93. The Bertz CT molecular complexity index is 716. The highest BCUT2D eigenvalue weighted by molar-refractivity contribution is 6.34. The first-order chi connectivity index (χ1) is 9.13. The van der Waals surface area contributed by atoms with Gasteiger partial charge in [-0.15, -0.1) is 5.10 Å². The van der Waals surface area contributed by atoms with E-state index in [0.717, 1.165) is 0 Å². The Morgan fingerprint density at radius 2 is 1.84 bits per heavy atom. The highest BCUT2D eigenvalue weighted by atomic mass is 35.5. The van der Waals surface area contributed by atoms with Crippen molar-refractivity contribution in [2.45, 2.75) is 6.92 Å². The average molecular weight is 296 g/mol. The van der Waals surface area contributed by atoms with Gasteiger partial charge in [-0.1, -0.05) is 28.4 Å². The molecule has 0 aliphatic heterocycles. The van der Waals surface area contributed by atoms with E-state index >= 15 is 0 Å². The lowest BCUT2D eigenvalue weighted by Gasteiger charge is -2.03. The number of aromatic nitrogens is 5. The molecule has 2 aromatic heterocycles. The molecule has 0 unspecified atom stereocenters. The van der Waals surface area contributed by atoms with E-state index in [2.05, 4.69) is 20.7 Å². The molecule has 8 heteroatoms. The number of nitrogens with zero attached hydrogens (tertiary/aromatic N) is 5. The second kappa shape index (κ2) is 4.64. The molecular weight excluding hydrogens is 289 g/mol. The van der Waals surface area contributed by atoms with Gasteiger partial charge in [0.05, 0.1) is 5.69 Å². The molecule has 0 fully saturated rings. The zero-order chi connectivity index (χ0) is 13.4. The minimum Gasteiger partial charge on any atom is -0.361 e. The van der Waals surface area contributed by atoms with Crippen LogP contribution in [0.1, 0.15) is 5.76 Å². The summed E-state index contributed by atoms with van der Waals surface area (Å²) in [6.07, 6.45) is 0. The van der Waals surface area contributed by atoms with Crippen molar-refractivity contribution in [3.8, 4) is 17.2 Å². The number of rotatable bonds is 2. The molecule has 0 saturated carbocycles. The van der Waals surface area contributed by atoms with Crippen molar-refractivity contribution < 1.29 is 4.52 Å². The molecule has 3 rings (SSSR count). The summed E-state index contributed by atoms with van der Waals surface area (Å²) in [5, 5.41) is 16.4. The second-order valence-electron chi connectivity index (χ2n) is 3.86. The van der Waals surface area contributed by atoms with Gasteiger partial charge in [-0.2, -0.15) is 4.68 Å². The Morgan fingerprint density at radius 3 is 2.47 bits per heavy atom. The van der Waals surface area contributed by atoms with Crippen LogP contribution < -0.4 is 0 Å². The van der Waals surface area contributed by atoms with Gasteiger partial charge in [0.1, 0.15) is 5.76 Å². The Kier molecular flexibility index (Phi) is 2.96. The summed E-state index contributed by atoms with van der Waals surface area (Å²) in [6, 6.07) is 6.80. The van der Waals surface area contributed by atoms with Crippen LogP contribution >= 0.6 is 23.2 Å². The van der Waals surface area contributed by atoms with Crippen molar-refractivity contribution in [3.63, 3.8) is 0 Å². The Labute approximate surface area is 117 Å². The Balaban J connectivity index is 2.14. The van der Waals surface area contributed by atoms with Crippen LogP contribution in [-0.2, 0) is 0 Å². The fraction of sp³-hybridized carbons (Fsp3) is 0.0909. The van der Waals surface area contributed by atoms with Crippen molar-refractivity contribution in [1.82, 2.24) is 25.4 Å². The maximum absolute atomic E-state index is 5.97. The van der Waals surface area contributed by atoms with Crippen molar-refractivity contribution in [2.75, 3.05) is 0 Å². The number of halogens is 2. The first-order valence-corrected chi connectivity index (χ1v) is 6.07. The van der Waals surface area contributed by atoms with Gasteiger partial charge in [0, 0.05) is 16.1 Å². The first-order valence-electron chi connectivity index (χ1n) is 5.32. The number of benzene rings is 1. The number of aryl methyl sites for hydroxylation is 1. The normalized spacial score (nSPS) is 10.9. The lowest BCUT2D eigenvalue weighted by Crippen LogP contribution is -2.00. The largest absolute Gasteiger partial charge is 0.361 e. The standard InChI is InChI=1S/C11H7Cl2N5O/c1-6-2-10(15-19-6)11-14-16-17-18(11)9-4-7(12)3-8(13)5-9/h2-5H,1H3. The molecule has 0 spiro atoms. The zero-order valence-electron chi connectivity index (χ0n) is 9.71. The average Bonchev–Trinajstić information content (AvgIpc) is 2.95. The van der Waals surface area contributed by atoms with Crippen LogP contribution in [0.25, 0.3) is 17.2 Å². The number of hydrogen-bond acceptors (Lipinski definition) is 5. The van der Waals surface area contributed by atoms with E-state index in [9.17, 15) is 0 Å². The van der Waals surface area contributed by atoms with Gasteiger partial charge in [0.2, 0.25) is 5.82 Å². The van der Waals surface area contributed by atoms with Crippen LogP contribution in [0.2, 0.25) is 10.0 Å². The van der Waals surface area contributed by atoms with Crippen LogP contribution in [0.15, 0.2) is 28.8 Å². The summed E-state index contributed by atoms with van der Waals surface area (Å²) in [5.41, 5.74) is 1.19. The minimum absolute atomic E-state index is 0.454. The van der Waals surface area contributed by atoms with Crippen molar-refractivity contribution >= 4 is 23.2 Å². The third-order valence-corrected chi connectivity index (χ3v) is 2.85. The van der Waals surface area contributed by atoms with Gasteiger partial charge in [-0.25, -0.2) is 0 Å². The van der Waals surface area contributed by atoms with E-state index in [-0.39, 0.29) is 0 Å². The van der Waals surface area contributed by atoms with E-state index in [0.29, 0.717) is 33.0 Å². The van der Waals surface area contributed by atoms with E-state index in [4.69, 9.17) is 27.7 Å². The molecular formula is C11H7Cl2N5O. The molecule has 96 valence electrons. The summed E-state index contributed by atoms with van der Waals surface area (Å²) in [5.74, 6) is 1.13. The summed E-state index contributed by atoms with van der Waals surface area (Å²) in [6.45, 7) is 1.79. The number of hydrogen-bond donors (Lipinski definition) is 0. The van der Waals surface area contributed by atoms with E-state index in [1.54, 1.807) is 31.2 Å². The van der Waals surface area contributed by atoms with Crippen LogP contribution in [0.4, 0.5) is 0 Å². The van der Waals surface area contributed by atoms with Gasteiger partial charge in [-0.05, 0) is 35.5 Å². The van der Waals surface area contributed by atoms with Crippen LogP contribution in [0, 0.1) is 6.92 Å². The van der Waals surface area contributed by atoms with Gasteiger partial charge in [0.15, 0.2) is 5.69 Å². The Hall–Kier alpha value is -1.92. The highest BCUT2D eigenvalue weighted by Gasteiger charge is 2.15. The molecule has 0 atom stereocenters. The van der Waals surface area contributed by atoms with E-state index < -0.39 is 0 Å². The maximum Gasteiger partial charge on any atom is 0.209 e. The lowest BCUT2D eigenvalue weighted by molar-refractivity contribution is 0.399. The van der Waals surface area contributed by atoms with Crippen LogP contribution in [0.5, 0.6) is 0 Å². The maximum atomic E-state index is 5.97. The van der Waals surface area contributed by atoms with Gasteiger partial charge in [0.25, 0.3) is 0 Å². The lowest BCUT2D eigenvalue weighted by atomic mass is 10.3. The third-order valence-electron chi connectivity index (χ3n) is 2.42. The van der Waals surface area contributed by atoms with Gasteiger partial charge < -0.3 is 4.52 Å². The quantitative estimate of drug-likeness (QED) is 0.727. The second-order valence-corrected chi connectivity index (χ2v) is 4.74. The zero-order valence-corrected chi connectivity index (χ0v) is 11.2. The predicted molar refractivity (Wildman–Crippen MR) is 69.4 cm³/mol. The van der Waals surface area contributed by atoms with Crippen molar-refractivity contribution in [1.29, 1.82) is 0 Å². The van der Waals surface area contributed by atoms with Gasteiger partial charge >= 0.3 is 0 Å². The molecule has 6 nitrogen and oxygen atoms in total. The molecule has 0 N–H and O–H groups in total.